The number of amides is 1. The molecule has 1 N–H and O–H groups in total. The summed E-state index contributed by atoms with van der Waals surface area (Å²) in [5, 5.41) is 8.46. The largest absolute Gasteiger partial charge is 0.356 e. The topological polar surface area (TPSA) is 46.9 Å². The molecular weight excluding hydrogens is 286 g/mol. The third-order valence-electron chi connectivity index (χ3n) is 3.93. The van der Waals surface area contributed by atoms with Crippen LogP contribution in [0.3, 0.4) is 0 Å². The van der Waals surface area contributed by atoms with Gasteiger partial charge in [0, 0.05) is 18.4 Å². The van der Waals surface area contributed by atoms with E-state index in [1.807, 2.05) is 29.1 Å². The van der Waals surface area contributed by atoms with E-state index >= 15 is 0 Å². The number of rotatable bonds is 6. The molecule has 23 heavy (non-hydrogen) atoms. The van der Waals surface area contributed by atoms with Gasteiger partial charge in [0.25, 0.3) is 0 Å². The molecule has 0 aliphatic carbocycles. The van der Waals surface area contributed by atoms with Crippen LogP contribution in [0.5, 0.6) is 0 Å². The molecular formula is C19H21N3O. The highest BCUT2D eigenvalue weighted by Gasteiger charge is 2.06. The average Bonchev–Trinajstić information content (AvgIpc) is 2.96. The number of benzene rings is 2. The first-order valence-electron chi connectivity index (χ1n) is 7.95. The predicted octanol–water partition coefficient (Wildman–Crippen LogP) is 3.09. The summed E-state index contributed by atoms with van der Waals surface area (Å²) in [6.45, 7) is 3.34. The van der Waals surface area contributed by atoms with Gasteiger partial charge in [-0.05, 0) is 31.0 Å². The van der Waals surface area contributed by atoms with Crippen LogP contribution in [-0.2, 0) is 17.8 Å². The molecule has 4 nitrogen and oxygen atoms in total. The van der Waals surface area contributed by atoms with E-state index in [0.29, 0.717) is 19.5 Å². The number of aromatic nitrogens is 2. The number of carbonyl (C=O) groups excluding carboxylic acids is 1. The zero-order valence-electron chi connectivity index (χ0n) is 13.3. The molecule has 0 spiro atoms. The van der Waals surface area contributed by atoms with Crippen LogP contribution in [0.4, 0.5) is 0 Å². The van der Waals surface area contributed by atoms with Gasteiger partial charge in [-0.15, -0.1) is 0 Å². The van der Waals surface area contributed by atoms with Gasteiger partial charge in [0.1, 0.15) is 0 Å². The van der Waals surface area contributed by atoms with Gasteiger partial charge in [0.2, 0.25) is 5.91 Å². The first kappa shape index (κ1) is 15.3. The van der Waals surface area contributed by atoms with Crippen LogP contribution < -0.4 is 5.32 Å². The lowest BCUT2D eigenvalue weighted by molar-refractivity contribution is -0.121. The van der Waals surface area contributed by atoms with Crippen molar-refractivity contribution in [2.75, 3.05) is 6.54 Å². The standard InChI is InChI=1S/C19H21N3O/c1-15-7-8-18-17(13-15)14-21-22(18)12-10-19(23)20-11-9-16-5-3-2-4-6-16/h2-8,13-14H,9-12H2,1H3,(H,20,23). The summed E-state index contributed by atoms with van der Waals surface area (Å²) < 4.78 is 1.89. The Balaban J connectivity index is 1.48. The molecule has 0 aliphatic rings. The molecule has 0 saturated carbocycles. The Morgan fingerprint density at radius 1 is 1.17 bits per heavy atom. The number of hydrogen-bond donors (Lipinski definition) is 1. The third-order valence-corrected chi connectivity index (χ3v) is 3.93. The molecule has 0 unspecified atom stereocenters. The van der Waals surface area contributed by atoms with E-state index in [-0.39, 0.29) is 5.91 Å². The van der Waals surface area contributed by atoms with Gasteiger partial charge >= 0.3 is 0 Å². The Labute approximate surface area is 136 Å². The number of fused-ring (bicyclic) bond motifs is 1. The van der Waals surface area contributed by atoms with Gasteiger partial charge in [0.05, 0.1) is 18.3 Å². The Hall–Kier alpha value is -2.62. The lowest BCUT2D eigenvalue weighted by Crippen LogP contribution is -2.26. The highest BCUT2D eigenvalue weighted by Crippen LogP contribution is 2.15. The summed E-state index contributed by atoms with van der Waals surface area (Å²) in [6, 6.07) is 16.4. The van der Waals surface area contributed by atoms with Crippen molar-refractivity contribution in [1.82, 2.24) is 15.1 Å². The van der Waals surface area contributed by atoms with Crippen molar-refractivity contribution in [1.29, 1.82) is 0 Å². The van der Waals surface area contributed by atoms with Gasteiger partial charge in [-0.2, -0.15) is 5.10 Å². The van der Waals surface area contributed by atoms with Crippen LogP contribution in [0.1, 0.15) is 17.5 Å². The van der Waals surface area contributed by atoms with Crippen molar-refractivity contribution in [3.8, 4) is 0 Å². The molecule has 1 heterocycles. The molecule has 3 rings (SSSR count). The van der Waals surface area contributed by atoms with Gasteiger partial charge in [-0.3, -0.25) is 9.48 Å². The molecule has 0 aliphatic heterocycles. The smallest absolute Gasteiger partial charge is 0.221 e. The number of aryl methyl sites for hydroxylation is 2. The fourth-order valence-electron chi connectivity index (χ4n) is 2.67. The highest BCUT2D eigenvalue weighted by molar-refractivity contribution is 5.80. The lowest BCUT2D eigenvalue weighted by Gasteiger charge is -2.06. The Bertz CT molecular complexity index is 793. The highest BCUT2D eigenvalue weighted by atomic mass is 16.1. The molecule has 0 fully saturated rings. The van der Waals surface area contributed by atoms with Crippen molar-refractivity contribution in [2.24, 2.45) is 0 Å². The third kappa shape index (κ3) is 3.97. The van der Waals surface area contributed by atoms with Crippen molar-refractivity contribution < 1.29 is 4.79 Å². The minimum absolute atomic E-state index is 0.0664. The fraction of sp³-hybridized carbons (Fsp3) is 0.263. The Morgan fingerprint density at radius 3 is 2.83 bits per heavy atom. The normalized spacial score (nSPS) is 10.8. The SMILES string of the molecule is Cc1ccc2c(cnn2CCC(=O)NCCc2ccccc2)c1. The minimum atomic E-state index is 0.0664. The number of hydrogen-bond acceptors (Lipinski definition) is 2. The fourth-order valence-corrected chi connectivity index (χ4v) is 2.67. The summed E-state index contributed by atoms with van der Waals surface area (Å²) in [4.78, 5) is 12.0. The van der Waals surface area contributed by atoms with Crippen LogP contribution in [0, 0.1) is 6.92 Å². The predicted molar refractivity (Wildman–Crippen MR) is 92.2 cm³/mol. The molecule has 3 aromatic rings. The average molecular weight is 307 g/mol. The summed E-state index contributed by atoms with van der Waals surface area (Å²) in [5.74, 6) is 0.0664. The molecule has 0 radical (unpaired) electrons. The molecule has 2 aromatic carbocycles. The van der Waals surface area contributed by atoms with Gasteiger partial charge in [-0.1, -0.05) is 42.0 Å². The minimum Gasteiger partial charge on any atom is -0.356 e. The Kier molecular flexibility index (Phi) is 4.71. The lowest BCUT2D eigenvalue weighted by atomic mass is 10.1. The van der Waals surface area contributed by atoms with E-state index in [4.69, 9.17) is 0 Å². The van der Waals surface area contributed by atoms with Crippen molar-refractivity contribution in [2.45, 2.75) is 26.3 Å². The van der Waals surface area contributed by atoms with Crippen LogP contribution in [-0.4, -0.2) is 22.2 Å². The van der Waals surface area contributed by atoms with Gasteiger partial charge in [0.15, 0.2) is 0 Å². The van der Waals surface area contributed by atoms with Crippen LogP contribution in [0.15, 0.2) is 54.7 Å². The number of carbonyl (C=O) groups is 1. The summed E-state index contributed by atoms with van der Waals surface area (Å²) in [5.41, 5.74) is 3.53. The van der Waals surface area contributed by atoms with E-state index in [1.165, 1.54) is 11.1 Å². The second kappa shape index (κ2) is 7.09. The zero-order chi connectivity index (χ0) is 16.1. The maximum Gasteiger partial charge on any atom is 0.221 e. The second-order valence-corrected chi connectivity index (χ2v) is 5.77. The molecule has 1 aromatic heterocycles. The second-order valence-electron chi connectivity index (χ2n) is 5.77. The number of nitrogens with one attached hydrogen (secondary N) is 1. The molecule has 0 bridgehead atoms. The molecule has 0 saturated heterocycles. The Morgan fingerprint density at radius 2 is 2.00 bits per heavy atom. The quantitative estimate of drug-likeness (QED) is 0.760. The summed E-state index contributed by atoms with van der Waals surface area (Å²) in [6.07, 6.45) is 3.16. The molecule has 118 valence electrons. The summed E-state index contributed by atoms with van der Waals surface area (Å²) in [7, 11) is 0. The van der Waals surface area contributed by atoms with Crippen molar-refractivity contribution >= 4 is 16.8 Å². The molecule has 0 atom stereocenters. The van der Waals surface area contributed by atoms with E-state index in [0.717, 1.165) is 17.3 Å². The molecule has 4 heteroatoms. The maximum atomic E-state index is 12.0. The van der Waals surface area contributed by atoms with Crippen LogP contribution >= 0.6 is 0 Å². The van der Waals surface area contributed by atoms with Crippen molar-refractivity contribution in [3.05, 3.63) is 65.9 Å². The van der Waals surface area contributed by atoms with Crippen LogP contribution in [0.2, 0.25) is 0 Å². The summed E-state index contributed by atoms with van der Waals surface area (Å²) >= 11 is 0. The first-order valence-corrected chi connectivity index (χ1v) is 7.95. The van der Waals surface area contributed by atoms with Gasteiger partial charge in [-0.25, -0.2) is 0 Å². The monoisotopic (exact) mass is 307 g/mol. The van der Waals surface area contributed by atoms with Crippen molar-refractivity contribution in [3.63, 3.8) is 0 Å². The van der Waals surface area contributed by atoms with E-state index in [1.54, 1.807) is 0 Å². The first-order chi connectivity index (χ1) is 11.2. The number of nitrogens with zero attached hydrogens (tertiary/aromatic N) is 2. The van der Waals surface area contributed by atoms with E-state index < -0.39 is 0 Å². The van der Waals surface area contributed by atoms with Gasteiger partial charge < -0.3 is 5.32 Å². The van der Waals surface area contributed by atoms with E-state index in [9.17, 15) is 4.79 Å². The van der Waals surface area contributed by atoms with Crippen LogP contribution in [0.25, 0.3) is 10.9 Å². The maximum absolute atomic E-state index is 12.0. The molecule has 1 amide bonds. The zero-order valence-corrected chi connectivity index (χ0v) is 13.3. The van der Waals surface area contributed by atoms with E-state index in [2.05, 4.69) is 47.7 Å².